The van der Waals surface area contributed by atoms with Gasteiger partial charge in [0.15, 0.2) is 0 Å². The summed E-state index contributed by atoms with van der Waals surface area (Å²) in [6, 6.07) is 9.13. The Morgan fingerprint density at radius 1 is 1.23 bits per heavy atom. The van der Waals surface area contributed by atoms with E-state index in [0.717, 1.165) is 18.7 Å². The maximum absolute atomic E-state index is 12.0. The number of hydrogen-bond donors (Lipinski definition) is 0. The second-order valence-electron chi connectivity index (χ2n) is 7.85. The van der Waals surface area contributed by atoms with Crippen molar-refractivity contribution in [3.05, 3.63) is 41.0 Å². The third-order valence-corrected chi connectivity index (χ3v) is 6.25. The van der Waals surface area contributed by atoms with Crippen molar-refractivity contribution in [2.45, 2.75) is 46.2 Å². The number of thiazole rings is 1. The van der Waals surface area contributed by atoms with E-state index in [4.69, 9.17) is 0 Å². The molecule has 3 rings (SSSR count). The fourth-order valence-electron chi connectivity index (χ4n) is 3.27. The third-order valence-electron chi connectivity index (χ3n) is 5.04. The Hall–Kier alpha value is -1.72. The molecule has 1 aromatic heterocycles. The highest BCUT2D eigenvalue weighted by molar-refractivity contribution is 7.15. The monoisotopic (exact) mass is 371 g/mol. The summed E-state index contributed by atoms with van der Waals surface area (Å²) < 4.78 is 0. The highest BCUT2D eigenvalue weighted by atomic mass is 32.1. The van der Waals surface area contributed by atoms with Crippen molar-refractivity contribution >= 4 is 17.2 Å². The molecule has 1 aromatic carbocycles. The van der Waals surface area contributed by atoms with Crippen LogP contribution in [0.15, 0.2) is 30.5 Å². The summed E-state index contributed by atoms with van der Waals surface area (Å²) >= 11 is 1.81. The van der Waals surface area contributed by atoms with Crippen LogP contribution in [-0.2, 0) is 11.3 Å². The first-order valence-electron chi connectivity index (χ1n) is 9.39. The molecule has 0 spiro atoms. The van der Waals surface area contributed by atoms with Crippen LogP contribution < -0.4 is 0 Å². The van der Waals surface area contributed by atoms with Gasteiger partial charge in [-0.3, -0.25) is 9.69 Å². The van der Waals surface area contributed by atoms with Crippen LogP contribution in [0.2, 0.25) is 0 Å². The van der Waals surface area contributed by atoms with Gasteiger partial charge in [-0.25, -0.2) is 4.98 Å². The minimum Gasteiger partial charge on any atom is -0.341 e. The minimum atomic E-state index is 0.0352. The normalized spacial score (nSPS) is 15.5. The Morgan fingerprint density at radius 3 is 2.46 bits per heavy atom. The zero-order valence-electron chi connectivity index (χ0n) is 16.4. The second kappa shape index (κ2) is 7.89. The van der Waals surface area contributed by atoms with E-state index in [9.17, 15) is 4.79 Å². The van der Waals surface area contributed by atoms with Crippen LogP contribution in [0.5, 0.6) is 0 Å². The zero-order chi connectivity index (χ0) is 18.8. The van der Waals surface area contributed by atoms with Crippen molar-refractivity contribution in [3.63, 3.8) is 0 Å². The first-order chi connectivity index (χ1) is 12.3. The summed E-state index contributed by atoms with van der Waals surface area (Å²) in [5, 5.41) is 1.25. The number of hydrogen-bond acceptors (Lipinski definition) is 4. The number of likely N-dealkylation sites (tertiary alicyclic amines) is 1. The lowest BCUT2D eigenvalue weighted by Crippen LogP contribution is -2.48. The lowest BCUT2D eigenvalue weighted by molar-refractivity contribution is -0.133. The second-order valence-corrected chi connectivity index (χ2v) is 8.92. The van der Waals surface area contributed by atoms with Crippen LogP contribution in [0, 0.1) is 5.92 Å². The number of carbonyl (C=O) groups is 1. The molecule has 0 bridgehead atoms. The average molecular weight is 372 g/mol. The van der Waals surface area contributed by atoms with Crippen LogP contribution >= 0.6 is 11.3 Å². The summed E-state index contributed by atoms with van der Waals surface area (Å²) in [7, 11) is 1.87. The molecule has 1 aliphatic rings. The van der Waals surface area contributed by atoms with Gasteiger partial charge in [-0.05, 0) is 25.0 Å². The molecule has 0 atom stereocenters. The molecule has 0 N–H and O–H groups in total. The Bertz CT molecular complexity index is 745. The molecule has 2 heterocycles. The van der Waals surface area contributed by atoms with Crippen LogP contribution in [-0.4, -0.2) is 46.9 Å². The number of rotatable bonds is 6. The van der Waals surface area contributed by atoms with E-state index in [1.54, 1.807) is 4.90 Å². The number of nitrogens with zero attached hydrogens (tertiary/aromatic N) is 3. The van der Waals surface area contributed by atoms with Crippen LogP contribution in [0.25, 0.3) is 10.4 Å². The first kappa shape index (κ1) is 19.1. The number of carbonyl (C=O) groups excluding carboxylic acids is 1. The fourth-order valence-corrected chi connectivity index (χ4v) is 4.27. The number of aromatic nitrogens is 1. The van der Waals surface area contributed by atoms with Crippen LogP contribution in [0.1, 0.15) is 44.2 Å². The fraction of sp³-hybridized carbons (Fsp3) is 0.524. The molecule has 1 aliphatic heterocycles. The molecule has 1 fully saturated rings. The first-order valence-corrected chi connectivity index (χ1v) is 10.2. The molecule has 5 heteroatoms. The lowest BCUT2D eigenvalue weighted by Gasteiger charge is -2.41. The predicted molar refractivity (Wildman–Crippen MR) is 108 cm³/mol. The summed E-state index contributed by atoms with van der Waals surface area (Å²) in [4.78, 5) is 22.2. The summed E-state index contributed by atoms with van der Waals surface area (Å²) in [5.74, 6) is 0.802. The Labute approximate surface area is 160 Å². The van der Waals surface area contributed by atoms with Gasteiger partial charge < -0.3 is 4.90 Å². The van der Waals surface area contributed by atoms with Crippen molar-refractivity contribution in [1.82, 2.24) is 14.8 Å². The Morgan fingerprint density at radius 2 is 1.88 bits per heavy atom. The van der Waals surface area contributed by atoms with E-state index in [1.165, 1.54) is 15.4 Å². The quantitative estimate of drug-likeness (QED) is 0.762. The molecular formula is C21H29N3OS. The Kier molecular flexibility index (Phi) is 5.78. The van der Waals surface area contributed by atoms with Gasteiger partial charge in [-0.2, -0.15) is 0 Å². The molecule has 4 nitrogen and oxygen atoms in total. The molecule has 0 radical (unpaired) electrons. The van der Waals surface area contributed by atoms with Gasteiger partial charge in [-0.1, -0.05) is 38.1 Å². The number of amides is 1. The maximum Gasteiger partial charge on any atom is 0.225 e. The molecule has 0 saturated carbocycles. The molecule has 2 aromatic rings. The van der Waals surface area contributed by atoms with Crippen molar-refractivity contribution in [2.24, 2.45) is 5.92 Å². The third kappa shape index (κ3) is 4.15. The molecule has 1 saturated heterocycles. The van der Waals surface area contributed by atoms with E-state index in [2.05, 4.69) is 48.0 Å². The average Bonchev–Trinajstić information content (AvgIpc) is 3.02. The van der Waals surface area contributed by atoms with E-state index in [0.29, 0.717) is 18.5 Å². The van der Waals surface area contributed by atoms with Gasteiger partial charge in [0.2, 0.25) is 5.91 Å². The molecule has 0 unspecified atom stereocenters. The largest absolute Gasteiger partial charge is 0.341 e. The predicted octanol–water partition coefficient (Wildman–Crippen LogP) is 4.23. The molecule has 1 amide bonds. The highest BCUT2D eigenvalue weighted by Crippen LogP contribution is 2.35. The van der Waals surface area contributed by atoms with Gasteiger partial charge in [0.05, 0.1) is 9.88 Å². The Balaban J connectivity index is 1.62. The molecule has 0 aliphatic carbocycles. The van der Waals surface area contributed by atoms with E-state index in [-0.39, 0.29) is 11.8 Å². The van der Waals surface area contributed by atoms with Crippen LogP contribution in [0.4, 0.5) is 0 Å². The smallest absolute Gasteiger partial charge is 0.225 e. The van der Waals surface area contributed by atoms with Gasteiger partial charge in [0.1, 0.15) is 0 Å². The maximum atomic E-state index is 12.0. The molecule has 26 heavy (non-hydrogen) atoms. The van der Waals surface area contributed by atoms with Crippen molar-refractivity contribution in [1.29, 1.82) is 0 Å². The van der Waals surface area contributed by atoms with E-state index < -0.39 is 0 Å². The van der Waals surface area contributed by atoms with Gasteiger partial charge >= 0.3 is 0 Å². The number of benzene rings is 1. The highest BCUT2D eigenvalue weighted by Gasteiger charge is 2.31. The van der Waals surface area contributed by atoms with E-state index >= 15 is 0 Å². The molecule has 140 valence electrons. The standard InChI is InChI=1S/C21H29N3OS/c1-14(2)21(25)23(5)11-16-6-8-17(9-7-16)19-10-22-20(26-19)18-12-24(13-18)15(3)4/h6-10,14-15,18H,11-13H2,1-5H3. The van der Waals surface area contributed by atoms with Crippen molar-refractivity contribution in [2.75, 3.05) is 20.1 Å². The summed E-state index contributed by atoms with van der Waals surface area (Å²) in [5.41, 5.74) is 2.36. The SMILES string of the molecule is CC(C)C(=O)N(C)Cc1ccc(-c2cnc(C3CN(C(C)C)C3)s2)cc1. The summed E-state index contributed by atoms with van der Waals surface area (Å²) in [6.07, 6.45) is 2.00. The molecular weight excluding hydrogens is 342 g/mol. The van der Waals surface area contributed by atoms with E-state index in [1.807, 2.05) is 38.4 Å². The van der Waals surface area contributed by atoms with Gasteiger partial charge in [-0.15, -0.1) is 11.3 Å². The summed E-state index contributed by atoms with van der Waals surface area (Å²) in [6.45, 7) is 11.3. The van der Waals surface area contributed by atoms with Gasteiger partial charge in [0, 0.05) is 50.8 Å². The van der Waals surface area contributed by atoms with Crippen molar-refractivity contribution in [3.8, 4) is 10.4 Å². The lowest BCUT2D eigenvalue weighted by atomic mass is 9.99. The topological polar surface area (TPSA) is 36.4 Å². The zero-order valence-corrected chi connectivity index (χ0v) is 17.2. The minimum absolute atomic E-state index is 0.0352. The van der Waals surface area contributed by atoms with Gasteiger partial charge in [0.25, 0.3) is 0 Å². The van der Waals surface area contributed by atoms with Crippen molar-refractivity contribution < 1.29 is 4.79 Å². The van der Waals surface area contributed by atoms with Crippen LogP contribution in [0.3, 0.4) is 0 Å².